The van der Waals surface area contributed by atoms with Gasteiger partial charge in [-0.15, -0.1) is 0 Å². The van der Waals surface area contributed by atoms with Crippen molar-refractivity contribution in [3.63, 3.8) is 0 Å². The summed E-state index contributed by atoms with van der Waals surface area (Å²) in [5.74, 6) is 0.784. The number of likely N-dealkylation sites (tertiary alicyclic amines) is 1. The summed E-state index contributed by atoms with van der Waals surface area (Å²) in [6, 6.07) is 0.145. The van der Waals surface area contributed by atoms with Crippen LogP contribution in [0.25, 0.3) is 11.2 Å². The molecule has 26 heavy (non-hydrogen) atoms. The highest BCUT2D eigenvalue weighted by atomic mass is 16.2. The summed E-state index contributed by atoms with van der Waals surface area (Å²) in [6.45, 7) is 7.17. The van der Waals surface area contributed by atoms with Crippen molar-refractivity contribution >= 4 is 28.8 Å². The fourth-order valence-corrected chi connectivity index (χ4v) is 3.78. The van der Waals surface area contributed by atoms with Gasteiger partial charge < -0.3 is 19.7 Å². The lowest BCUT2D eigenvalue weighted by molar-refractivity contribution is -0.136. The Labute approximate surface area is 151 Å². The number of aromatic nitrogens is 4. The summed E-state index contributed by atoms with van der Waals surface area (Å²) >= 11 is 0. The third kappa shape index (κ3) is 2.87. The molecule has 2 aliphatic heterocycles. The topological polar surface area (TPSA) is 98.3 Å². The second-order valence-corrected chi connectivity index (χ2v) is 7.15. The Hall–Kier alpha value is -2.71. The number of carbonyl (C=O) groups excluding carboxylic acids is 2. The van der Waals surface area contributed by atoms with Crippen molar-refractivity contribution in [1.82, 2.24) is 29.7 Å². The first-order valence-corrected chi connectivity index (χ1v) is 9.02. The fourth-order valence-electron chi connectivity index (χ4n) is 3.78. The highest BCUT2D eigenvalue weighted by Gasteiger charge is 2.38. The maximum atomic E-state index is 12.8. The number of amides is 2. The molecule has 9 nitrogen and oxygen atoms in total. The molecule has 9 heteroatoms. The molecule has 4 rings (SSSR count). The third-order valence-electron chi connectivity index (χ3n) is 5.22. The Balaban J connectivity index is 1.40. The standard InChI is InChI=1S/C17H23N7O2/c1-11(2)24-8-12(7-13(24)25)17(26)23-5-3-22(4-6-23)16-14-15(19-9-18-14)20-10-21-16/h9-12H,3-8H2,1-2H3,(H,18,19,20,21). The van der Waals surface area contributed by atoms with Crippen LogP contribution in [0, 0.1) is 5.92 Å². The number of rotatable bonds is 3. The Bertz CT molecular complexity index is 825. The van der Waals surface area contributed by atoms with Crippen molar-refractivity contribution in [2.45, 2.75) is 26.3 Å². The molecule has 2 aliphatic rings. The number of hydrogen-bond donors (Lipinski definition) is 1. The number of carbonyl (C=O) groups is 2. The van der Waals surface area contributed by atoms with E-state index < -0.39 is 0 Å². The van der Waals surface area contributed by atoms with Crippen LogP contribution in [0.2, 0.25) is 0 Å². The first-order valence-electron chi connectivity index (χ1n) is 9.02. The number of hydrogen-bond acceptors (Lipinski definition) is 6. The maximum Gasteiger partial charge on any atom is 0.228 e. The number of imidazole rings is 1. The van der Waals surface area contributed by atoms with Crippen molar-refractivity contribution in [3.05, 3.63) is 12.7 Å². The predicted octanol–water partition coefficient (Wildman–Crippen LogP) is 0.258. The third-order valence-corrected chi connectivity index (χ3v) is 5.22. The highest BCUT2D eigenvalue weighted by Crippen LogP contribution is 2.24. The molecule has 138 valence electrons. The molecule has 0 radical (unpaired) electrons. The molecule has 2 aromatic rings. The van der Waals surface area contributed by atoms with Crippen molar-refractivity contribution in [3.8, 4) is 0 Å². The molecule has 0 saturated carbocycles. The minimum Gasteiger partial charge on any atom is -0.351 e. The lowest BCUT2D eigenvalue weighted by Crippen LogP contribution is -2.51. The molecular weight excluding hydrogens is 334 g/mol. The molecule has 1 atom stereocenters. The van der Waals surface area contributed by atoms with Crippen molar-refractivity contribution in [1.29, 1.82) is 0 Å². The minimum atomic E-state index is -0.213. The smallest absolute Gasteiger partial charge is 0.228 e. The van der Waals surface area contributed by atoms with Crippen molar-refractivity contribution < 1.29 is 9.59 Å². The number of aromatic amines is 1. The van der Waals surface area contributed by atoms with Crippen molar-refractivity contribution in [2.24, 2.45) is 5.92 Å². The molecule has 2 amide bonds. The molecule has 4 heterocycles. The zero-order chi connectivity index (χ0) is 18.3. The van der Waals surface area contributed by atoms with Gasteiger partial charge in [-0.25, -0.2) is 15.0 Å². The summed E-state index contributed by atoms with van der Waals surface area (Å²) in [5.41, 5.74) is 1.47. The summed E-state index contributed by atoms with van der Waals surface area (Å²) in [6.07, 6.45) is 3.46. The lowest BCUT2D eigenvalue weighted by Gasteiger charge is -2.36. The van der Waals surface area contributed by atoms with Crippen LogP contribution in [0.3, 0.4) is 0 Å². The van der Waals surface area contributed by atoms with Crippen LogP contribution >= 0.6 is 0 Å². The largest absolute Gasteiger partial charge is 0.351 e. The van der Waals surface area contributed by atoms with E-state index in [0.717, 1.165) is 11.3 Å². The molecule has 2 fully saturated rings. The zero-order valence-corrected chi connectivity index (χ0v) is 15.1. The second kappa shape index (κ2) is 6.54. The lowest BCUT2D eigenvalue weighted by atomic mass is 10.1. The van der Waals surface area contributed by atoms with Crippen LogP contribution < -0.4 is 4.90 Å². The summed E-state index contributed by atoms with van der Waals surface area (Å²) in [7, 11) is 0. The van der Waals surface area contributed by atoms with E-state index in [9.17, 15) is 9.59 Å². The molecule has 1 unspecified atom stereocenters. The van der Waals surface area contributed by atoms with Crippen LogP contribution in [0.15, 0.2) is 12.7 Å². The quantitative estimate of drug-likeness (QED) is 0.846. The number of piperazine rings is 1. The van der Waals surface area contributed by atoms with Gasteiger partial charge in [0.1, 0.15) is 11.8 Å². The maximum absolute atomic E-state index is 12.8. The van der Waals surface area contributed by atoms with E-state index in [4.69, 9.17) is 0 Å². The fraction of sp³-hybridized carbons (Fsp3) is 0.588. The van der Waals surface area contributed by atoms with E-state index in [0.29, 0.717) is 44.8 Å². The summed E-state index contributed by atoms with van der Waals surface area (Å²) in [5, 5.41) is 0. The Morgan fingerprint density at radius 3 is 2.65 bits per heavy atom. The number of H-pyrrole nitrogens is 1. The van der Waals surface area contributed by atoms with Crippen LogP contribution in [0.1, 0.15) is 20.3 Å². The zero-order valence-electron chi connectivity index (χ0n) is 15.1. The van der Waals surface area contributed by atoms with Crippen LogP contribution in [-0.2, 0) is 9.59 Å². The first-order chi connectivity index (χ1) is 12.5. The van der Waals surface area contributed by atoms with Gasteiger partial charge in [-0.05, 0) is 13.8 Å². The number of fused-ring (bicyclic) bond motifs is 1. The molecule has 0 aromatic carbocycles. The van der Waals surface area contributed by atoms with Gasteiger partial charge in [-0.2, -0.15) is 0 Å². The predicted molar refractivity (Wildman–Crippen MR) is 95.4 cm³/mol. The van der Waals surface area contributed by atoms with Gasteiger partial charge >= 0.3 is 0 Å². The van der Waals surface area contributed by atoms with Gasteiger partial charge in [0.2, 0.25) is 11.8 Å². The average molecular weight is 357 g/mol. The van der Waals surface area contributed by atoms with E-state index in [1.54, 1.807) is 11.2 Å². The van der Waals surface area contributed by atoms with Gasteiger partial charge in [0.15, 0.2) is 11.5 Å². The van der Waals surface area contributed by atoms with Crippen LogP contribution in [-0.4, -0.2) is 80.3 Å². The van der Waals surface area contributed by atoms with E-state index in [-0.39, 0.29) is 23.8 Å². The number of nitrogens with zero attached hydrogens (tertiary/aromatic N) is 6. The van der Waals surface area contributed by atoms with Gasteiger partial charge in [0.25, 0.3) is 0 Å². The average Bonchev–Trinajstić information content (AvgIpc) is 3.27. The highest BCUT2D eigenvalue weighted by molar-refractivity contribution is 5.89. The van der Waals surface area contributed by atoms with Crippen LogP contribution in [0.4, 0.5) is 5.82 Å². The van der Waals surface area contributed by atoms with E-state index in [2.05, 4.69) is 24.8 Å². The van der Waals surface area contributed by atoms with Gasteiger partial charge in [-0.3, -0.25) is 9.59 Å². The SMILES string of the molecule is CC(C)N1CC(C(=O)N2CCN(c3ncnc4nc[nH]c34)CC2)CC1=O. The minimum absolute atomic E-state index is 0.0830. The molecule has 2 saturated heterocycles. The number of anilines is 1. The van der Waals surface area contributed by atoms with Crippen LogP contribution in [0.5, 0.6) is 0 Å². The summed E-state index contributed by atoms with van der Waals surface area (Å²) < 4.78 is 0. The van der Waals surface area contributed by atoms with E-state index in [1.807, 2.05) is 18.7 Å². The molecular formula is C17H23N7O2. The molecule has 0 aliphatic carbocycles. The molecule has 0 bridgehead atoms. The van der Waals surface area contributed by atoms with Gasteiger partial charge in [0, 0.05) is 45.2 Å². The van der Waals surface area contributed by atoms with Gasteiger partial charge in [-0.1, -0.05) is 0 Å². The summed E-state index contributed by atoms with van der Waals surface area (Å²) in [4.78, 5) is 46.5. The van der Waals surface area contributed by atoms with E-state index in [1.165, 1.54) is 6.33 Å². The Morgan fingerprint density at radius 2 is 1.96 bits per heavy atom. The second-order valence-electron chi connectivity index (χ2n) is 7.15. The number of nitrogens with one attached hydrogen (secondary N) is 1. The molecule has 0 spiro atoms. The molecule has 1 N–H and O–H groups in total. The van der Waals surface area contributed by atoms with E-state index >= 15 is 0 Å². The molecule has 2 aromatic heterocycles. The Morgan fingerprint density at radius 1 is 1.19 bits per heavy atom. The monoisotopic (exact) mass is 357 g/mol. The normalized spacial score (nSPS) is 21.3. The first kappa shape index (κ1) is 16.7. The van der Waals surface area contributed by atoms with Crippen molar-refractivity contribution in [2.75, 3.05) is 37.6 Å². The van der Waals surface area contributed by atoms with Gasteiger partial charge in [0.05, 0.1) is 12.2 Å². The Kier molecular flexibility index (Phi) is 4.21.